The second-order valence-electron chi connectivity index (χ2n) is 9.59. The van der Waals surface area contributed by atoms with Gasteiger partial charge in [-0.05, 0) is 18.4 Å². The van der Waals surface area contributed by atoms with E-state index in [0.29, 0.717) is 19.4 Å². The maximum atomic E-state index is 12.6. The fraction of sp³-hybridized carbons (Fsp3) is 0.778. The van der Waals surface area contributed by atoms with E-state index in [9.17, 15) is 17.9 Å². The molecule has 0 bridgehead atoms. The fourth-order valence-electron chi connectivity index (χ4n) is 3.93. The lowest BCUT2D eigenvalue weighted by Crippen LogP contribution is -2.39. The Kier molecular flexibility index (Phi) is 19.5. The topological polar surface area (TPSA) is 111 Å². The Morgan fingerprint density at radius 3 is 2.08 bits per heavy atom. The zero-order valence-electron chi connectivity index (χ0n) is 22.9. The third-order valence-electron chi connectivity index (χ3n) is 6.05. The molecule has 0 aliphatic heterocycles. The summed E-state index contributed by atoms with van der Waals surface area (Å²) in [6.07, 6.45) is 13.1. The first kappa shape index (κ1) is 34.2. The van der Waals surface area contributed by atoms with Crippen LogP contribution >= 0.6 is 7.82 Å². The van der Waals surface area contributed by atoms with Crippen LogP contribution in [0, 0.1) is 0 Å². The monoisotopic (exact) mass is 563 g/mol. The highest BCUT2D eigenvalue weighted by atomic mass is 32.2. The minimum atomic E-state index is -4.33. The molecule has 1 unspecified atom stereocenters. The summed E-state index contributed by atoms with van der Waals surface area (Å²) in [4.78, 5) is 10.0. The van der Waals surface area contributed by atoms with Crippen LogP contribution in [0.5, 0.6) is 0 Å². The molecule has 10 heteroatoms. The summed E-state index contributed by atoms with van der Waals surface area (Å²) in [5, 5.41) is 0. The SMILES string of the molecule is CCCCCCCCCCS(=O)(=O)N[C@H](CCCCCC)COP(=O)(O)OCCOCc1ccccc1. The molecular formula is C27H50NO7PS. The first-order valence-corrected chi connectivity index (χ1v) is 17.2. The van der Waals surface area contributed by atoms with Crippen LogP contribution in [0.15, 0.2) is 30.3 Å². The third-order valence-corrected chi connectivity index (χ3v) is 8.55. The largest absolute Gasteiger partial charge is 0.472 e. The number of unbranched alkanes of at least 4 members (excludes halogenated alkanes) is 10. The molecule has 0 heterocycles. The van der Waals surface area contributed by atoms with Gasteiger partial charge in [-0.1, -0.05) is 115 Å². The van der Waals surface area contributed by atoms with Crippen molar-refractivity contribution in [1.82, 2.24) is 4.72 Å². The van der Waals surface area contributed by atoms with Gasteiger partial charge >= 0.3 is 7.82 Å². The van der Waals surface area contributed by atoms with Gasteiger partial charge in [0.25, 0.3) is 0 Å². The summed E-state index contributed by atoms with van der Waals surface area (Å²) in [7, 11) is -7.83. The number of hydrogen-bond donors (Lipinski definition) is 2. The van der Waals surface area contributed by atoms with Crippen molar-refractivity contribution < 1.29 is 31.7 Å². The number of rotatable bonds is 25. The van der Waals surface area contributed by atoms with E-state index in [4.69, 9.17) is 13.8 Å². The second-order valence-corrected chi connectivity index (χ2v) is 12.9. The van der Waals surface area contributed by atoms with Gasteiger partial charge in [0, 0.05) is 6.04 Å². The lowest BCUT2D eigenvalue weighted by atomic mass is 10.1. The van der Waals surface area contributed by atoms with Crippen molar-refractivity contribution in [2.75, 3.05) is 25.6 Å². The molecule has 1 aromatic rings. The van der Waals surface area contributed by atoms with Gasteiger partial charge in [0.1, 0.15) is 0 Å². The summed E-state index contributed by atoms with van der Waals surface area (Å²) < 4.78 is 55.9. The van der Waals surface area contributed by atoms with E-state index in [1.807, 2.05) is 30.3 Å². The molecule has 8 nitrogen and oxygen atoms in total. The number of phosphoric acid groups is 1. The van der Waals surface area contributed by atoms with E-state index in [0.717, 1.165) is 50.5 Å². The maximum absolute atomic E-state index is 12.6. The smallest absolute Gasteiger partial charge is 0.374 e. The predicted octanol–water partition coefficient (Wildman–Crippen LogP) is 6.74. The van der Waals surface area contributed by atoms with Gasteiger partial charge in [-0.3, -0.25) is 9.05 Å². The molecule has 216 valence electrons. The Morgan fingerprint density at radius 1 is 0.838 bits per heavy atom. The minimum Gasteiger partial charge on any atom is -0.374 e. The first-order valence-electron chi connectivity index (χ1n) is 14.0. The molecule has 0 spiro atoms. The van der Waals surface area contributed by atoms with Crippen LogP contribution in [0.3, 0.4) is 0 Å². The van der Waals surface area contributed by atoms with Crippen LogP contribution in [-0.4, -0.2) is 44.9 Å². The van der Waals surface area contributed by atoms with Crippen LogP contribution in [0.25, 0.3) is 0 Å². The maximum Gasteiger partial charge on any atom is 0.472 e. The minimum absolute atomic E-state index is 0.0550. The average Bonchev–Trinajstić information content (AvgIpc) is 2.87. The highest BCUT2D eigenvalue weighted by Gasteiger charge is 2.25. The molecule has 0 aromatic heterocycles. The normalized spacial score (nSPS) is 14.5. The molecule has 37 heavy (non-hydrogen) atoms. The molecule has 2 atom stereocenters. The molecule has 0 aliphatic carbocycles. The van der Waals surface area contributed by atoms with Crippen LogP contribution in [0.2, 0.25) is 0 Å². The van der Waals surface area contributed by atoms with Crippen molar-refractivity contribution in [2.45, 2.75) is 110 Å². The van der Waals surface area contributed by atoms with Crippen LogP contribution in [0.4, 0.5) is 0 Å². The third kappa shape index (κ3) is 19.9. The van der Waals surface area contributed by atoms with E-state index in [1.165, 1.54) is 25.7 Å². The van der Waals surface area contributed by atoms with E-state index in [1.54, 1.807) is 0 Å². The van der Waals surface area contributed by atoms with E-state index < -0.39 is 23.9 Å². The van der Waals surface area contributed by atoms with Crippen LogP contribution < -0.4 is 4.72 Å². The Balaban J connectivity index is 2.39. The van der Waals surface area contributed by atoms with E-state index in [2.05, 4.69) is 18.6 Å². The Labute approximate surface area is 225 Å². The van der Waals surface area contributed by atoms with Crippen molar-refractivity contribution in [3.63, 3.8) is 0 Å². The highest BCUT2D eigenvalue weighted by molar-refractivity contribution is 7.89. The number of sulfonamides is 1. The quantitative estimate of drug-likeness (QED) is 0.100. The van der Waals surface area contributed by atoms with Crippen molar-refractivity contribution in [2.24, 2.45) is 0 Å². The van der Waals surface area contributed by atoms with Crippen LogP contribution in [-0.2, 0) is 35.0 Å². The molecule has 1 aromatic carbocycles. The second kappa shape index (κ2) is 21.1. The van der Waals surface area contributed by atoms with Gasteiger partial charge in [-0.25, -0.2) is 17.7 Å². The van der Waals surface area contributed by atoms with Crippen LogP contribution in [0.1, 0.15) is 103 Å². The Morgan fingerprint density at radius 2 is 1.43 bits per heavy atom. The number of benzene rings is 1. The first-order chi connectivity index (χ1) is 17.8. The summed E-state index contributed by atoms with van der Waals surface area (Å²) in [6.45, 7) is 4.48. The number of nitrogens with one attached hydrogen (secondary N) is 1. The fourth-order valence-corrected chi connectivity index (χ4v) is 6.07. The number of hydrogen-bond acceptors (Lipinski definition) is 6. The standard InChI is InChI=1S/C27H50NO7PS/c1-3-5-7-9-10-11-12-17-23-37(31,32)28-27(20-16-8-6-4-2)25-35-36(29,30)34-22-21-33-24-26-18-14-13-15-19-26/h13-15,18-19,27-28H,3-12,16-17,20-25H2,1-2H3,(H,29,30)/t27-/m1/s1. The summed E-state index contributed by atoms with van der Waals surface area (Å²) in [5.74, 6) is 0.0550. The van der Waals surface area contributed by atoms with Crippen molar-refractivity contribution >= 4 is 17.8 Å². The summed E-state index contributed by atoms with van der Waals surface area (Å²) in [6, 6.07) is 9.02. The zero-order chi connectivity index (χ0) is 27.2. The number of ether oxygens (including phenoxy) is 1. The number of phosphoric ester groups is 1. The summed E-state index contributed by atoms with van der Waals surface area (Å²) in [5.41, 5.74) is 0.996. The van der Waals surface area contributed by atoms with E-state index >= 15 is 0 Å². The van der Waals surface area contributed by atoms with E-state index in [-0.39, 0.29) is 25.6 Å². The van der Waals surface area contributed by atoms with Gasteiger partial charge in [-0.15, -0.1) is 0 Å². The zero-order valence-corrected chi connectivity index (χ0v) is 24.7. The molecule has 0 amide bonds. The highest BCUT2D eigenvalue weighted by Crippen LogP contribution is 2.43. The summed E-state index contributed by atoms with van der Waals surface area (Å²) >= 11 is 0. The van der Waals surface area contributed by atoms with Gasteiger partial charge < -0.3 is 9.63 Å². The van der Waals surface area contributed by atoms with Gasteiger partial charge in [-0.2, -0.15) is 0 Å². The predicted molar refractivity (Wildman–Crippen MR) is 150 cm³/mol. The average molecular weight is 564 g/mol. The Hall–Kier alpha value is -0.800. The molecule has 0 fully saturated rings. The molecular weight excluding hydrogens is 513 g/mol. The lowest BCUT2D eigenvalue weighted by Gasteiger charge is -2.20. The lowest BCUT2D eigenvalue weighted by molar-refractivity contribution is 0.0667. The molecule has 0 aliphatic rings. The van der Waals surface area contributed by atoms with Crippen molar-refractivity contribution in [1.29, 1.82) is 0 Å². The van der Waals surface area contributed by atoms with Gasteiger partial charge in [0.05, 0.1) is 32.2 Å². The van der Waals surface area contributed by atoms with Crippen molar-refractivity contribution in [3.8, 4) is 0 Å². The van der Waals surface area contributed by atoms with Crippen molar-refractivity contribution in [3.05, 3.63) is 35.9 Å². The molecule has 0 radical (unpaired) electrons. The molecule has 1 rings (SSSR count). The molecule has 0 saturated carbocycles. The molecule has 0 saturated heterocycles. The van der Waals surface area contributed by atoms with Gasteiger partial charge in [0.2, 0.25) is 10.0 Å². The Bertz CT molecular complexity index is 823. The molecule has 2 N–H and O–H groups in total. The van der Waals surface area contributed by atoms with Gasteiger partial charge in [0.15, 0.2) is 0 Å².